The van der Waals surface area contributed by atoms with Crippen LogP contribution in [0.25, 0.3) is 0 Å². The molecule has 1 amide bonds. The Bertz CT molecular complexity index is 930. The maximum atomic E-state index is 13.6. The third kappa shape index (κ3) is 4.18. The molecule has 0 spiro atoms. The number of anilines is 2. The minimum atomic E-state index is -0.739. The number of pyridine rings is 1. The van der Waals surface area contributed by atoms with Gasteiger partial charge >= 0.3 is 0 Å². The molecule has 1 aromatic heterocycles. The molecule has 2 N–H and O–H groups in total. The minimum absolute atomic E-state index is 0.0357. The van der Waals surface area contributed by atoms with Gasteiger partial charge in [-0.15, -0.1) is 0 Å². The van der Waals surface area contributed by atoms with Crippen molar-refractivity contribution in [3.05, 3.63) is 89.5 Å². The zero-order valence-corrected chi connectivity index (χ0v) is 13.5. The van der Waals surface area contributed by atoms with Gasteiger partial charge in [0.25, 0.3) is 5.91 Å². The Morgan fingerprint density at radius 3 is 2.46 bits per heavy atom. The van der Waals surface area contributed by atoms with Crippen LogP contribution in [0.15, 0.2) is 60.8 Å². The number of nitrogens with one attached hydrogen (secondary N) is 2. The van der Waals surface area contributed by atoms with Crippen LogP contribution in [0, 0.1) is 17.5 Å². The van der Waals surface area contributed by atoms with Gasteiger partial charge in [-0.25, -0.2) is 18.2 Å². The van der Waals surface area contributed by atoms with Gasteiger partial charge in [-0.2, -0.15) is 0 Å². The predicted molar refractivity (Wildman–Crippen MR) is 91.4 cm³/mol. The van der Waals surface area contributed by atoms with Crippen LogP contribution < -0.4 is 10.6 Å². The molecule has 0 saturated carbocycles. The van der Waals surface area contributed by atoms with Crippen LogP contribution in [0.3, 0.4) is 0 Å². The maximum Gasteiger partial charge on any atom is 0.270 e. The summed E-state index contributed by atoms with van der Waals surface area (Å²) in [4.78, 5) is 16.1. The summed E-state index contributed by atoms with van der Waals surface area (Å²) >= 11 is 0. The molecule has 7 heteroatoms. The Labute approximate surface area is 147 Å². The topological polar surface area (TPSA) is 54.0 Å². The molecule has 4 nitrogen and oxygen atoms in total. The molecule has 132 valence electrons. The number of carbonyl (C=O) groups is 1. The van der Waals surface area contributed by atoms with Crippen LogP contribution in [-0.4, -0.2) is 10.9 Å². The van der Waals surface area contributed by atoms with Gasteiger partial charge in [0.2, 0.25) is 0 Å². The smallest absolute Gasteiger partial charge is 0.270 e. The van der Waals surface area contributed by atoms with Gasteiger partial charge in [-0.1, -0.05) is 18.2 Å². The standard InChI is InChI=1S/C19H14F3N3O/c20-13-5-7-17(16(22)9-13)25-14-6-8-18(23-11-14)19(26)24-10-12-3-1-2-4-15(12)21/h1-9,11,25H,10H2,(H,24,26). The molecule has 0 fully saturated rings. The molecular weight excluding hydrogens is 343 g/mol. The van der Waals surface area contributed by atoms with Crippen molar-refractivity contribution in [2.24, 2.45) is 0 Å². The van der Waals surface area contributed by atoms with Gasteiger partial charge in [0.05, 0.1) is 17.6 Å². The van der Waals surface area contributed by atoms with Crippen molar-refractivity contribution < 1.29 is 18.0 Å². The Kier molecular flexibility index (Phi) is 5.17. The molecule has 0 aliphatic rings. The normalized spacial score (nSPS) is 10.4. The summed E-state index contributed by atoms with van der Waals surface area (Å²) in [6, 6.07) is 12.3. The van der Waals surface area contributed by atoms with Gasteiger partial charge in [0.15, 0.2) is 0 Å². The third-order valence-electron chi connectivity index (χ3n) is 3.60. The van der Waals surface area contributed by atoms with E-state index in [0.717, 1.165) is 12.1 Å². The summed E-state index contributed by atoms with van der Waals surface area (Å²) in [5.74, 6) is -2.28. The number of hydrogen-bond donors (Lipinski definition) is 2. The van der Waals surface area contributed by atoms with Gasteiger partial charge in [-0.3, -0.25) is 4.79 Å². The second-order valence-electron chi connectivity index (χ2n) is 5.46. The molecule has 0 radical (unpaired) electrons. The number of amides is 1. The first-order chi connectivity index (χ1) is 12.5. The number of aromatic nitrogens is 1. The van der Waals surface area contributed by atoms with Crippen LogP contribution in [0.1, 0.15) is 16.1 Å². The predicted octanol–water partition coefficient (Wildman–Crippen LogP) is 4.17. The van der Waals surface area contributed by atoms with E-state index in [4.69, 9.17) is 0 Å². The summed E-state index contributed by atoms with van der Waals surface area (Å²) in [5, 5.41) is 5.32. The lowest BCUT2D eigenvalue weighted by molar-refractivity contribution is 0.0945. The molecule has 0 aliphatic carbocycles. The number of carbonyl (C=O) groups excluding carboxylic acids is 1. The molecule has 0 aliphatic heterocycles. The number of hydrogen-bond acceptors (Lipinski definition) is 3. The first kappa shape index (κ1) is 17.5. The average molecular weight is 357 g/mol. The molecule has 2 aromatic carbocycles. The van der Waals surface area contributed by atoms with E-state index in [-0.39, 0.29) is 17.9 Å². The molecule has 3 rings (SSSR count). The lowest BCUT2D eigenvalue weighted by Gasteiger charge is -2.09. The van der Waals surface area contributed by atoms with Crippen molar-refractivity contribution in [2.75, 3.05) is 5.32 Å². The maximum absolute atomic E-state index is 13.6. The third-order valence-corrected chi connectivity index (χ3v) is 3.60. The first-order valence-corrected chi connectivity index (χ1v) is 7.72. The molecule has 0 atom stereocenters. The Hall–Kier alpha value is -3.35. The molecule has 0 unspecified atom stereocenters. The summed E-state index contributed by atoms with van der Waals surface area (Å²) in [6.07, 6.45) is 1.35. The minimum Gasteiger partial charge on any atom is -0.352 e. The monoisotopic (exact) mass is 357 g/mol. The number of nitrogens with zero attached hydrogens (tertiary/aromatic N) is 1. The van der Waals surface area contributed by atoms with E-state index in [1.54, 1.807) is 18.2 Å². The van der Waals surface area contributed by atoms with Gasteiger partial charge in [0, 0.05) is 18.2 Å². The van der Waals surface area contributed by atoms with Gasteiger partial charge in [0.1, 0.15) is 23.1 Å². The van der Waals surface area contributed by atoms with Gasteiger partial charge in [-0.05, 0) is 30.3 Å². The highest BCUT2D eigenvalue weighted by molar-refractivity contribution is 5.92. The van der Waals surface area contributed by atoms with E-state index in [1.165, 1.54) is 30.5 Å². The van der Waals surface area contributed by atoms with Crippen molar-refractivity contribution in [3.63, 3.8) is 0 Å². The van der Waals surface area contributed by atoms with Crippen LogP contribution in [0.4, 0.5) is 24.5 Å². The molecule has 3 aromatic rings. The summed E-state index contributed by atoms with van der Waals surface area (Å²) in [6.45, 7) is 0.0357. The lowest BCUT2D eigenvalue weighted by Crippen LogP contribution is -2.24. The highest BCUT2D eigenvalue weighted by atomic mass is 19.1. The van der Waals surface area contributed by atoms with E-state index in [0.29, 0.717) is 11.3 Å². The lowest BCUT2D eigenvalue weighted by atomic mass is 10.2. The molecule has 1 heterocycles. The van der Waals surface area contributed by atoms with Crippen molar-refractivity contribution in [1.29, 1.82) is 0 Å². The van der Waals surface area contributed by atoms with Crippen molar-refractivity contribution in [1.82, 2.24) is 10.3 Å². The van der Waals surface area contributed by atoms with Crippen LogP contribution >= 0.6 is 0 Å². The Morgan fingerprint density at radius 1 is 0.962 bits per heavy atom. The highest BCUT2D eigenvalue weighted by Crippen LogP contribution is 2.20. The second-order valence-corrected chi connectivity index (χ2v) is 5.46. The second kappa shape index (κ2) is 7.69. The van der Waals surface area contributed by atoms with E-state index in [9.17, 15) is 18.0 Å². The summed E-state index contributed by atoms with van der Waals surface area (Å²) in [7, 11) is 0. The van der Waals surface area contributed by atoms with E-state index >= 15 is 0 Å². The Balaban J connectivity index is 1.63. The average Bonchev–Trinajstić information content (AvgIpc) is 2.64. The van der Waals surface area contributed by atoms with Crippen LogP contribution in [0.5, 0.6) is 0 Å². The SMILES string of the molecule is O=C(NCc1ccccc1F)c1ccc(Nc2ccc(F)cc2F)cn1. The van der Waals surface area contributed by atoms with E-state index < -0.39 is 23.4 Å². The van der Waals surface area contributed by atoms with E-state index in [1.807, 2.05) is 0 Å². The molecule has 26 heavy (non-hydrogen) atoms. The highest BCUT2D eigenvalue weighted by Gasteiger charge is 2.09. The fourth-order valence-corrected chi connectivity index (χ4v) is 2.26. The quantitative estimate of drug-likeness (QED) is 0.721. The van der Waals surface area contributed by atoms with Crippen molar-refractivity contribution in [3.8, 4) is 0 Å². The number of halogens is 3. The zero-order chi connectivity index (χ0) is 18.5. The Morgan fingerprint density at radius 2 is 1.77 bits per heavy atom. The molecular formula is C19H14F3N3O. The number of benzene rings is 2. The van der Waals surface area contributed by atoms with E-state index in [2.05, 4.69) is 15.6 Å². The fourth-order valence-electron chi connectivity index (χ4n) is 2.26. The van der Waals surface area contributed by atoms with Crippen LogP contribution in [0.2, 0.25) is 0 Å². The van der Waals surface area contributed by atoms with Crippen molar-refractivity contribution >= 4 is 17.3 Å². The summed E-state index contributed by atoms with van der Waals surface area (Å²) < 4.78 is 40.1. The largest absolute Gasteiger partial charge is 0.352 e. The zero-order valence-electron chi connectivity index (χ0n) is 13.5. The van der Waals surface area contributed by atoms with Gasteiger partial charge < -0.3 is 10.6 Å². The van der Waals surface area contributed by atoms with Crippen LogP contribution in [-0.2, 0) is 6.54 Å². The molecule has 0 bridgehead atoms. The fraction of sp³-hybridized carbons (Fsp3) is 0.0526. The number of rotatable bonds is 5. The first-order valence-electron chi connectivity index (χ1n) is 7.72. The van der Waals surface area contributed by atoms with Crippen molar-refractivity contribution in [2.45, 2.75) is 6.54 Å². The molecule has 0 saturated heterocycles. The summed E-state index contributed by atoms with van der Waals surface area (Å²) in [5.41, 5.74) is 1.02.